The van der Waals surface area contributed by atoms with E-state index in [0.717, 1.165) is 6.54 Å². The van der Waals surface area contributed by atoms with Crippen LogP contribution in [-0.2, 0) is 47.7 Å². The summed E-state index contributed by atoms with van der Waals surface area (Å²) in [5.74, 6) is -4.61. The fourth-order valence-corrected chi connectivity index (χ4v) is 4.19. The van der Waals surface area contributed by atoms with Crippen molar-refractivity contribution in [2.45, 2.75) is 83.4 Å². The third kappa shape index (κ3) is 24.0. The van der Waals surface area contributed by atoms with Gasteiger partial charge in [-0.2, -0.15) is 0 Å². The number of amides is 3. The van der Waals surface area contributed by atoms with Crippen molar-refractivity contribution in [3.8, 4) is 0 Å². The Hall–Kier alpha value is -3.22. The van der Waals surface area contributed by atoms with Crippen LogP contribution in [0, 0.1) is 5.92 Å². The van der Waals surface area contributed by atoms with Crippen LogP contribution in [0.25, 0.3) is 0 Å². The first-order valence-corrected chi connectivity index (χ1v) is 16.4. The highest BCUT2D eigenvalue weighted by Crippen LogP contribution is 2.13. The Morgan fingerprint density at radius 2 is 1.33 bits per heavy atom. The predicted molar refractivity (Wildman–Crippen MR) is 172 cm³/mol. The van der Waals surface area contributed by atoms with Gasteiger partial charge in [-0.1, -0.05) is 13.3 Å². The Bertz CT molecular complexity index is 951. The van der Waals surface area contributed by atoms with Crippen molar-refractivity contribution in [2.24, 2.45) is 5.92 Å². The van der Waals surface area contributed by atoms with E-state index in [1.165, 1.54) is 6.92 Å². The molecule has 4 atom stereocenters. The molecule has 17 heteroatoms. The van der Waals surface area contributed by atoms with E-state index in [4.69, 9.17) is 24.1 Å². The summed E-state index contributed by atoms with van der Waals surface area (Å²) in [5, 5.41) is 38.4. The number of Topliss-reactive ketones (excluding diaryl/α,β-unsaturated/α-hetero) is 1. The Morgan fingerprint density at radius 1 is 0.688 bits per heavy atom. The van der Waals surface area contributed by atoms with Crippen molar-refractivity contribution < 1.29 is 63.0 Å². The summed E-state index contributed by atoms with van der Waals surface area (Å²) >= 11 is 0. The Balaban J connectivity index is 4.04. The summed E-state index contributed by atoms with van der Waals surface area (Å²) in [7, 11) is 1.83. The van der Waals surface area contributed by atoms with Gasteiger partial charge in [-0.3, -0.25) is 19.2 Å². The van der Waals surface area contributed by atoms with Gasteiger partial charge in [-0.05, 0) is 46.1 Å². The van der Waals surface area contributed by atoms with Gasteiger partial charge in [0.25, 0.3) is 0 Å². The molecule has 0 heterocycles. The maximum Gasteiger partial charge on any atom is 0.328 e. The van der Waals surface area contributed by atoms with Gasteiger partial charge in [0.05, 0.1) is 39.1 Å². The number of rotatable bonds is 32. The number of unbranched alkanes of at least 4 members (excludes halogenated alkanes) is 1. The zero-order valence-corrected chi connectivity index (χ0v) is 28.5. The van der Waals surface area contributed by atoms with Gasteiger partial charge in [0, 0.05) is 38.5 Å². The van der Waals surface area contributed by atoms with Crippen LogP contribution in [0.1, 0.15) is 65.2 Å². The number of carbonyl (C=O) groups is 6. The molecule has 3 amide bonds. The van der Waals surface area contributed by atoms with Crippen LogP contribution in [0.5, 0.6) is 0 Å². The number of hydrogen-bond acceptors (Lipinski definition) is 12. The SMILES string of the molecule is CC[C@@H](CCCCNC(=O)CC[C@H](NC(=O)COCCOCCCC(=O)COCCOCCNC)C(=O)O)C(=O)N[C@H](C(=O)O)[C@@H](C)O. The number of hydrogen-bond donors (Lipinski definition) is 7. The number of ketones is 1. The highest BCUT2D eigenvalue weighted by molar-refractivity contribution is 5.86. The summed E-state index contributed by atoms with van der Waals surface area (Å²) in [6, 6.07) is -2.68. The second kappa shape index (κ2) is 28.8. The minimum atomic E-state index is -1.39. The standard InChI is InChI=1S/C31H56N4O13/c1-4-23(29(40)35-28(22(2)36)31(43)44)8-5-6-12-33-26(38)11-10-25(30(41)42)34-27(39)21-48-19-16-45-14-7-9-24(37)20-47-18-17-46-15-13-32-3/h22-23,25,28,32,36H,4-21H2,1-3H3,(H,33,38)(H,34,39)(H,35,40)(H,41,42)(H,43,44)/t22-,23+,25+,28+/m1/s1. The molecule has 278 valence electrons. The Morgan fingerprint density at radius 3 is 1.94 bits per heavy atom. The highest BCUT2D eigenvalue weighted by atomic mass is 16.5. The molecule has 0 aromatic rings. The molecule has 0 rings (SSSR count). The van der Waals surface area contributed by atoms with E-state index in [9.17, 15) is 39.0 Å². The molecular formula is C31H56N4O13. The average molecular weight is 693 g/mol. The lowest BCUT2D eigenvalue weighted by Gasteiger charge is -2.21. The van der Waals surface area contributed by atoms with Gasteiger partial charge in [0.2, 0.25) is 17.7 Å². The molecule has 0 radical (unpaired) electrons. The van der Waals surface area contributed by atoms with Crippen LogP contribution in [-0.4, -0.2) is 142 Å². The number of aliphatic carboxylic acids is 2. The molecule has 0 spiro atoms. The van der Waals surface area contributed by atoms with Crippen molar-refractivity contribution in [1.82, 2.24) is 21.3 Å². The molecule has 0 aliphatic rings. The minimum Gasteiger partial charge on any atom is -0.480 e. The van der Waals surface area contributed by atoms with Crippen molar-refractivity contribution in [2.75, 3.05) is 73.0 Å². The number of carboxylic acids is 2. The molecule has 0 unspecified atom stereocenters. The molecule has 0 aromatic heterocycles. The number of carbonyl (C=O) groups excluding carboxylic acids is 4. The fourth-order valence-electron chi connectivity index (χ4n) is 4.19. The summed E-state index contributed by atoms with van der Waals surface area (Å²) in [6.45, 7) is 5.69. The van der Waals surface area contributed by atoms with Crippen LogP contribution in [0.4, 0.5) is 0 Å². The van der Waals surface area contributed by atoms with Crippen molar-refractivity contribution >= 4 is 35.4 Å². The lowest BCUT2D eigenvalue weighted by molar-refractivity contribution is -0.145. The van der Waals surface area contributed by atoms with E-state index in [-0.39, 0.29) is 45.1 Å². The number of aliphatic hydroxyl groups is 1. The quantitative estimate of drug-likeness (QED) is 0.0428. The lowest BCUT2D eigenvalue weighted by atomic mass is 9.97. The first-order chi connectivity index (χ1) is 22.9. The maximum absolute atomic E-state index is 12.4. The number of carboxylic acid groups (broad SMARTS) is 2. The Labute approximate surface area is 282 Å². The first-order valence-electron chi connectivity index (χ1n) is 16.4. The zero-order valence-electron chi connectivity index (χ0n) is 28.5. The van der Waals surface area contributed by atoms with Gasteiger partial charge in [-0.25, -0.2) is 9.59 Å². The molecule has 0 fully saturated rings. The second-order valence-electron chi connectivity index (χ2n) is 11.1. The zero-order chi connectivity index (χ0) is 36.2. The van der Waals surface area contributed by atoms with Gasteiger partial charge >= 0.3 is 11.9 Å². The van der Waals surface area contributed by atoms with Crippen molar-refractivity contribution in [3.63, 3.8) is 0 Å². The fraction of sp³-hybridized carbons (Fsp3) is 0.806. The van der Waals surface area contributed by atoms with E-state index in [0.29, 0.717) is 71.5 Å². The molecule has 48 heavy (non-hydrogen) atoms. The Kier molecular flexibility index (Phi) is 26.8. The summed E-state index contributed by atoms with van der Waals surface area (Å²) in [5.41, 5.74) is 0. The van der Waals surface area contributed by atoms with Crippen LogP contribution >= 0.6 is 0 Å². The van der Waals surface area contributed by atoms with Gasteiger partial charge in [-0.15, -0.1) is 0 Å². The minimum absolute atomic E-state index is 0.0188. The first kappa shape index (κ1) is 44.8. The number of aliphatic hydroxyl groups excluding tert-OH is 1. The molecule has 0 saturated heterocycles. The number of ether oxygens (including phenoxy) is 4. The highest BCUT2D eigenvalue weighted by Gasteiger charge is 2.28. The molecule has 0 saturated carbocycles. The van der Waals surface area contributed by atoms with Gasteiger partial charge in [0.1, 0.15) is 19.3 Å². The number of likely N-dealkylation sites (N-methyl/N-ethyl adjacent to an activating group) is 1. The van der Waals surface area contributed by atoms with Gasteiger partial charge < -0.3 is 55.5 Å². The second-order valence-corrected chi connectivity index (χ2v) is 11.1. The van der Waals surface area contributed by atoms with Crippen LogP contribution in [0.3, 0.4) is 0 Å². The van der Waals surface area contributed by atoms with E-state index in [2.05, 4.69) is 21.3 Å². The summed E-state index contributed by atoms with van der Waals surface area (Å²) in [4.78, 5) is 71.2. The van der Waals surface area contributed by atoms with Crippen LogP contribution < -0.4 is 21.3 Å². The van der Waals surface area contributed by atoms with Crippen molar-refractivity contribution in [3.05, 3.63) is 0 Å². The normalized spacial score (nSPS) is 13.6. The largest absolute Gasteiger partial charge is 0.480 e. The van der Waals surface area contributed by atoms with Crippen molar-refractivity contribution in [1.29, 1.82) is 0 Å². The predicted octanol–water partition coefficient (Wildman–Crippen LogP) is -0.766. The number of nitrogens with one attached hydrogen (secondary N) is 4. The molecule has 0 aliphatic carbocycles. The van der Waals surface area contributed by atoms with E-state index < -0.39 is 53.8 Å². The van der Waals surface area contributed by atoms with E-state index in [1.54, 1.807) is 6.92 Å². The molecule has 0 aromatic carbocycles. The third-order valence-electron chi connectivity index (χ3n) is 6.99. The molecule has 17 nitrogen and oxygen atoms in total. The van der Waals surface area contributed by atoms with E-state index >= 15 is 0 Å². The lowest BCUT2D eigenvalue weighted by Crippen LogP contribution is -2.49. The maximum atomic E-state index is 12.4. The van der Waals surface area contributed by atoms with Crippen LogP contribution in [0.2, 0.25) is 0 Å². The molecule has 0 aliphatic heterocycles. The molecule has 0 bridgehead atoms. The van der Waals surface area contributed by atoms with Gasteiger partial charge in [0.15, 0.2) is 11.8 Å². The monoisotopic (exact) mass is 692 g/mol. The molecule has 7 N–H and O–H groups in total. The molecular weight excluding hydrogens is 636 g/mol. The van der Waals surface area contributed by atoms with Crippen LogP contribution in [0.15, 0.2) is 0 Å². The third-order valence-corrected chi connectivity index (χ3v) is 6.99. The smallest absolute Gasteiger partial charge is 0.328 e. The summed E-state index contributed by atoms with van der Waals surface area (Å²) in [6.07, 6.45) is 1.34. The van der Waals surface area contributed by atoms with E-state index in [1.807, 2.05) is 7.05 Å². The topological polar surface area (TPSA) is 248 Å². The average Bonchev–Trinajstić information content (AvgIpc) is 3.03. The summed E-state index contributed by atoms with van der Waals surface area (Å²) < 4.78 is 21.1.